The average molecular weight is 347 g/mol. The Labute approximate surface area is 134 Å². The Morgan fingerprint density at radius 3 is 1.68 bits per heavy atom. The highest BCUT2D eigenvalue weighted by Crippen LogP contribution is 2.37. The van der Waals surface area contributed by atoms with Gasteiger partial charge in [0.15, 0.2) is 0 Å². The van der Waals surface area contributed by atoms with Gasteiger partial charge in [0.05, 0.1) is 20.4 Å². The van der Waals surface area contributed by atoms with Crippen LogP contribution in [0, 0.1) is 0 Å². The monoisotopic (exact) mass is 347 g/mol. The minimum atomic E-state index is -2.36. The summed E-state index contributed by atoms with van der Waals surface area (Å²) in [4.78, 5) is 8.51. The molecule has 0 amide bonds. The number of fused-ring (bicyclic) bond motifs is 2. The molecule has 0 saturated carbocycles. The molecule has 2 heterocycles. The number of para-hydroxylation sites is 2. The number of hydrogen-bond donors (Lipinski definition) is 0. The molecule has 0 aliphatic carbocycles. The Morgan fingerprint density at radius 1 is 0.773 bits per heavy atom. The van der Waals surface area contributed by atoms with Crippen LogP contribution in [0.3, 0.4) is 0 Å². The second kappa shape index (κ2) is 5.61. The van der Waals surface area contributed by atoms with Gasteiger partial charge < -0.3 is 0 Å². The highest BCUT2D eigenvalue weighted by Gasteiger charge is 2.28. The SMILES string of the molecule is O=[P+](Oc1nc2ccccc2s1)Oc1nc2ccccc2s1. The number of nitrogens with zero attached hydrogens (tertiary/aromatic N) is 2. The molecule has 0 radical (unpaired) electrons. The normalized spacial score (nSPS) is 10.9. The first kappa shape index (κ1) is 13.6. The molecule has 0 fully saturated rings. The summed E-state index contributed by atoms with van der Waals surface area (Å²) in [5, 5.41) is 0.645. The summed E-state index contributed by atoms with van der Waals surface area (Å²) >= 11 is 2.65. The van der Waals surface area contributed by atoms with Crippen molar-refractivity contribution in [3.05, 3.63) is 48.5 Å². The summed E-state index contributed by atoms with van der Waals surface area (Å²) in [6.07, 6.45) is 0. The molecule has 0 unspecified atom stereocenters. The summed E-state index contributed by atoms with van der Waals surface area (Å²) in [7, 11) is -2.36. The topological polar surface area (TPSA) is 61.3 Å². The summed E-state index contributed by atoms with van der Waals surface area (Å²) in [5.74, 6) is 0. The van der Waals surface area contributed by atoms with Gasteiger partial charge in [0.1, 0.15) is 0 Å². The molecule has 0 saturated heterocycles. The van der Waals surface area contributed by atoms with Crippen LogP contribution in [0.5, 0.6) is 10.4 Å². The number of hydrogen-bond acceptors (Lipinski definition) is 7. The third-order valence-corrected chi connectivity index (χ3v) is 5.57. The van der Waals surface area contributed by atoms with E-state index < -0.39 is 8.25 Å². The molecule has 0 atom stereocenters. The van der Waals surface area contributed by atoms with Crippen LogP contribution in [0.25, 0.3) is 20.4 Å². The van der Waals surface area contributed by atoms with Gasteiger partial charge in [0.2, 0.25) is 0 Å². The van der Waals surface area contributed by atoms with Crippen LogP contribution in [0.4, 0.5) is 0 Å². The largest absolute Gasteiger partial charge is 0.810 e. The molecular formula is C14H8N2O3PS2+. The third kappa shape index (κ3) is 2.66. The fourth-order valence-corrected chi connectivity index (χ4v) is 4.36. The Morgan fingerprint density at radius 2 is 1.23 bits per heavy atom. The zero-order valence-corrected chi connectivity index (χ0v) is 13.5. The van der Waals surface area contributed by atoms with Crippen molar-refractivity contribution in [2.45, 2.75) is 0 Å². The van der Waals surface area contributed by atoms with Crippen LogP contribution in [0.2, 0.25) is 0 Å². The highest BCUT2D eigenvalue weighted by molar-refractivity contribution is 7.36. The van der Waals surface area contributed by atoms with Gasteiger partial charge in [-0.2, -0.15) is 19.0 Å². The molecule has 0 bridgehead atoms. The maximum absolute atomic E-state index is 12.0. The molecule has 4 aromatic rings. The van der Waals surface area contributed by atoms with Gasteiger partial charge >= 0.3 is 18.6 Å². The number of rotatable bonds is 4. The minimum absolute atomic E-state index is 0.323. The predicted octanol–water partition coefficient (Wildman–Crippen LogP) is 5.02. The second-order valence-electron chi connectivity index (χ2n) is 4.30. The van der Waals surface area contributed by atoms with Crippen molar-refractivity contribution in [2.24, 2.45) is 0 Å². The Balaban J connectivity index is 1.52. The maximum Gasteiger partial charge on any atom is 0.810 e. The van der Waals surface area contributed by atoms with Crippen molar-refractivity contribution in [2.75, 3.05) is 0 Å². The first-order chi connectivity index (χ1) is 10.8. The van der Waals surface area contributed by atoms with Crippen LogP contribution < -0.4 is 9.05 Å². The third-order valence-electron chi connectivity index (χ3n) is 2.85. The molecule has 2 aromatic heterocycles. The summed E-state index contributed by atoms with van der Waals surface area (Å²) in [5.41, 5.74) is 1.62. The molecule has 22 heavy (non-hydrogen) atoms. The fourth-order valence-electron chi connectivity index (χ4n) is 1.93. The molecule has 108 valence electrons. The Hall–Kier alpha value is -2.08. The van der Waals surface area contributed by atoms with E-state index in [1.54, 1.807) is 0 Å². The standard InChI is InChI=1S/C14H8N2O3PS2/c17-20(18-13-15-9-5-1-3-7-11(9)21-13)19-14-16-10-6-2-4-8-12(10)22-14/h1-8H/q+1. The van der Waals surface area contributed by atoms with Gasteiger partial charge in [-0.3, -0.25) is 0 Å². The zero-order valence-electron chi connectivity index (χ0n) is 11.0. The van der Waals surface area contributed by atoms with E-state index >= 15 is 0 Å². The van der Waals surface area contributed by atoms with Crippen molar-refractivity contribution >= 4 is 51.4 Å². The molecule has 8 heteroatoms. The van der Waals surface area contributed by atoms with Crippen LogP contribution >= 0.6 is 30.9 Å². The van der Waals surface area contributed by atoms with E-state index in [-0.39, 0.29) is 0 Å². The summed E-state index contributed by atoms with van der Waals surface area (Å²) < 4.78 is 24.4. The van der Waals surface area contributed by atoms with Crippen molar-refractivity contribution < 1.29 is 13.6 Å². The summed E-state index contributed by atoms with van der Waals surface area (Å²) in [6, 6.07) is 15.2. The van der Waals surface area contributed by atoms with Gasteiger partial charge in [-0.25, -0.2) is 0 Å². The molecule has 0 aliphatic rings. The molecule has 2 aromatic carbocycles. The van der Waals surface area contributed by atoms with E-state index in [1.165, 1.54) is 22.7 Å². The lowest BCUT2D eigenvalue weighted by Gasteiger charge is -1.84. The molecule has 0 aliphatic heterocycles. The first-order valence-electron chi connectivity index (χ1n) is 6.32. The van der Waals surface area contributed by atoms with Crippen molar-refractivity contribution in [3.8, 4) is 10.4 Å². The Bertz CT molecular complexity index is 838. The van der Waals surface area contributed by atoms with Crippen LogP contribution in [-0.2, 0) is 4.57 Å². The van der Waals surface area contributed by atoms with E-state index in [1.807, 2.05) is 48.5 Å². The molecule has 5 nitrogen and oxygen atoms in total. The van der Waals surface area contributed by atoms with Gasteiger partial charge in [-0.1, -0.05) is 46.9 Å². The van der Waals surface area contributed by atoms with Crippen molar-refractivity contribution in [3.63, 3.8) is 0 Å². The fraction of sp³-hybridized carbons (Fsp3) is 0. The quantitative estimate of drug-likeness (QED) is 0.485. The van der Waals surface area contributed by atoms with Crippen molar-refractivity contribution in [1.82, 2.24) is 9.97 Å². The van der Waals surface area contributed by atoms with E-state index in [4.69, 9.17) is 9.05 Å². The lowest BCUT2D eigenvalue weighted by atomic mass is 10.3. The molecule has 0 spiro atoms. The van der Waals surface area contributed by atoms with E-state index in [9.17, 15) is 4.57 Å². The second-order valence-corrected chi connectivity index (χ2v) is 7.10. The van der Waals surface area contributed by atoms with E-state index in [0.717, 1.165) is 20.4 Å². The lowest BCUT2D eigenvalue weighted by molar-refractivity contribution is 0.414. The Kier molecular flexibility index (Phi) is 3.46. The lowest BCUT2D eigenvalue weighted by Crippen LogP contribution is -1.87. The van der Waals surface area contributed by atoms with Gasteiger partial charge in [0, 0.05) is 4.57 Å². The zero-order chi connectivity index (χ0) is 14.9. The number of thiazole rings is 2. The smallest absolute Gasteiger partial charge is 0.198 e. The molecule has 0 N–H and O–H groups in total. The molecular weight excluding hydrogens is 339 g/mol. The average Bonchev–Trinajstić information content (AvgIpc) is 3.08. The van der Waals surface area contributed by atoms with Gasteiger partial charge in [0.25, 0.3) is 0 Å². The van der Waals surface area contributed by atoms with E-state index in [2.05, 4.69) is 9.97 Å². The predicted molar refractivity (Wildman–Crippen MR) is 88.1 cm³/mol. The van der Waals surface area contributed by atoms with Gasteiger partial charge in [-0.15, -0.1) is 0 Å². The molecule has 4 rings (SSSR count). The first-order valence-corrected chi connectivity index (χ1v) is 9.05. The number of benzene rings is 2. The minimum Gasteiger partial charge on any atom is -0.198 e. The van der Waals surface area contributed by atoms with E-state index in [0.29, 0.717) is 10.4 Å². The van der Waals surface area contributed by atoms with Crippen LogP contribution in [0.15, 0.2) is 48.5 Å². The van der Waals surface area contributed by atoms with Crippen LogP contribution in [-0.4, -0.2) is 9.97 Å². The van der Waals surface area contributed by atoms with Crippen molar-refractivity contribution in [1.29, 1.82) is 0 Å². The maximum atomic E-state index is 12.0. The van der Waals surface area contributed by atoms with Gasteiger partial charge in [-0.05, 0) is 24.3 Å². The summed E-state index contributed by atoms with van der Waals surface area (Å²) in [6.45, 7) is 0. The highest BCUT2D eigenvalue weighted by atomic mass is 32.1. The number of aromatic nitrogens is 2. The van der Waals surface area contributed by atoms with Crippen LogP contribution in [0.1, 0.15) is 0 Å².